The number of aryl methyl sites for hydroxylation is 2. The summed E-state index contributed by atoms with van der Waals surface area (Å²) in [5, 5.41) is 9.38. The second kappa shape index (κ2) is 4.18. The molecule has 0 spiro atoms. The van der Waals surface area contributed by atoms with Crippen LogP contribution in [0, 0.1) is 6.92 Å². The summed E-state index contributed by atoms with van der Waals surface area (Å²) in [4.78, 5) is 24.0. The molecule has 0 saturated heterocycles. The highest BCUT2D eigenvalue weighted by Gasteiger charge is 2.11. The molecule has 0 bridgehead atoms. The van der Waals surface area contributed by atoms with Crippen LogP contribution in [0.1, 0.15) is 5.56 Å². The number of nitrogens with zero attached hydrogens (tertiary/aromatic N) is 2. The molecule has 1 aromatic carbocycles. The minimum Gasteiger partial charge on any atom is -0.395 e. The van der Waals surface area contributed by atoms with Gasteiger partial charge in [0.05, 0.1) is 24.1 Å². The highest BCUT2D eigenvalue weighted by molar-refractivity contribution is 5.81. The third-order valence-electron chi connectivity index (χ3n) is 2.89. The fraction of sp³-hybridized carbons (Fsp3) is 0.333. The molecule has 1 N–H and O–H groups in total. The van der Waals surface area contributed by atoms with Crippen LogP contribution in [0.15, 0.2) is 27.8 Å². The molecular formula is C12H14N2O3. The predicted octanol–water partition coefficient (Wildman–Crippen LogP) is 0.000920. The third kappa shape index (κ3) is 1.68. The Morgan fingerprint density at radius 3 is 2.65 bits per heavy atom. The minimum atomic E-state index is -0.397. The maximum absolute atomic E-state index is 12.1. The van der Waals surface area contributed by atoms with Crippen LogP contribution in [0.4, 0.5) is 0 Å². The van der Waals surface area contributed by atoms with E-state index in [9.17, 15) is 9.59 Å². The van der Waals surface area contributed by atoms with Gasteiger partial charge in [-0.05, 0) is 18.6 Å². The maximum Gasteiger partial charge on any atom is 0.331 e. The summed E-state index contributed by atoms with van der Waals surface area (Å²) < 4.78 is 2.50. The SMILES string of the molecule is Cc1cccc2c(=O)n(CCO)c(=O)n(C)c12. The molecule has 0 fully saturated rings. The number of para-hydroxylation sites is 1. The Balaban J connectivity index is 3.01. The lowest BCUT2D eigenvalue weighted by Crippen LogP contribution is -2.40. The molecule has 2 aromatic rings. The van der Waals surface area contributed by atoms with Gasteiger partial charge in [-0.25, -0.2) is 4.79 Å². The summed E-state index contributed by atoms with van der Waals surface area (Å²) in [5.74, 6) is 0. The molecule has 0 atom stereocenters. The molecule has 1 heterocycles. The van der Waals surface area contributed by atoms with Gasteiger partial charge in [-0.2, -0.15) is 0 Å². The first-order chi connectivity index (χ1) is 8.07. The van der Waals surface area contributed by atoms with E-state index in [2.05, 4.69) is 0 Å². The Morgan fingerprint density at radius 2 is 2.00 bits per heavy atom. The van der Waals surface area contributed by atoms with E-state index in [1.54, 1.807) is 19.2 Å². The van der Waals surface area contributed by atoms with E-state index >= 15 is 0 Å². The number of hydrogen-bond donors (Lipinski definition) is 1. The first-order valence-electron chi connectivity index (χ1n) is 5.38. The summed E-state index contributed by atoms with van der Waals surface area (Å²) >= 11 is 0. The molecule has 0 aliphatic heterocycles. The predicted molar refractivity (Wildman–Crippen MR) is 65.3 cm³/mol. The van der Waals surface area contributed by atoms with Crippen LogP contribution in [-0.2, 0) is 13.6 Å². The van der Waals surface area contributed by atoms with E-state index in [-0.39, 0.29) is 18.7 Å². The van der Waals surface area contributed by atoms with Crippen molar-refractivity contribution in [3.05, 3.63) is 44.6 Å². The molecule has 0 saturated carbocycles. The lowest BCUT2D eigenvalue weighted by molar-refractivity contribution is 0.271. The smallest absolute Gasteiger partial charge is 0.331 e. The molecule has 2 rings (SSSR count). The van der Waals surface area contributed by atoms with E-state index in [0.29, 0.717) is 10.9 Å². The molecule has 0 unspecified atom stereocenters. The monoisotopic (exact) mass is 234 g/mol. The zero-order valence-corrected chi connectivity index (χ0v) is 9.80. The molecule has 90 valence electrons. The standard InChI is InChI=1S/C12H14N2O3/c1-8-4-3-5-9-10(8)13(2)12(17)14(6-7-15)11(9)16/h3-5,15H,6-7H2,1-2H3. The van der Waals surface area contributed by atoms with Crippen molar-refractivity contribution in [3.63, 3.8) is 0 Å². The summed E-state index contributed by atoms with van der Waals surface area (Å²) in [7, 11) is 1.63. The van der Waals surface area contributed by atoms with Crippen molar-refractivity contribution in [1.29, 1.82) is 0 Å². The van der Waals surface area contributed by atoms with Gasteiger partial charge in [0.2, 0.25) is 0 Å². The maximum atomic E-state index is 12.1. The van der Waals surface area contributed by atoms with Gasteiger partial charge in [0.15, 0.2) is 0 Å². The molecule has 5 nitrogen and oxygen atoms in total. The van der Waals surface area contributed by atoms with E-state index < -0.39 is 5.69 Å². The number of rotatable bonds is 2. The van der Waals surface area contributed by atoms with E-state index in [4.69, 9.17) is 5.11 Å². The highest BCUT2D eigenvalue weighted by atomic mass is 16.3. The van der Waals surface area contributed by atoms with Crippen molar-refractivity contribution >= 4 is 10.9 Å². The van der Waals surface area contributed by atoms with Gasteiger partial charge in [0.1, 0.15) is 0 Å². The largest absolute Gasteiger partial charge is 0.395 e. The summed E-state index contributed by atoms with van der Waals surface area (Å²) in [6, 6.07) is 5.34. The van der Waals surface area contributed by atoms with Gasteiger partial charge in [-0.1, -0.05) is 12.1 Å². The number of hydrogen-bond acceptors (Lipinski definition) is 3. The Bertz CT molecular complexity index is 682. The first-order valence-corrected chi connectivity index (χ1v) is 5.38. The Morgan fingerprint density at radius 1 is 1.29 bits per heavy atom. The molecule has 17 heavy (non-hydrogen) atoms. The molecular weight excluding hydrogens is 220 g/mol. The van der Waals surface area contributed by atoms with E-state index in [1.807, 2.05) is 13.0 Å². The zero-order valence-electron chi connectivity index (χ0n) is 9.80. The number of aromatic nitrogens is 2. The second-order valence-electron chi connectivity index (χ2n) is 3.99. The number of aliphatic hydroxyl groups is 1. The van der Waals surface area contributed by atoms with Gasteiger partial charge < -0.3 is 5.11 Å². The summed E-state index contributed by atoms with van der Waals surface area (Å²) in [6.07, 6.45) is 0. The van der Waals surface area contributed by atoms with Crippen LogP contribution in [0.2, 0.25) is 0 Å². The molecule has 0 radical (unpaired) electrons. The van der Waals surface area contributed by atoms with Gasteiger partial charge >= 0.3 is 5.69 Å². The summed E-state index contributed by atoms with van der Waals surface area (Å²) in [5.41, 5.74) is 0.790. The topological polar surface area (TPSA) is 64.2 Å². The average Bonchev–Trinajstić information content (AvgIpc) is 2.31. The molecule has 1 aromatic heterocycles. The normalized spacial score (nSPS) is 11.0. The fourth-order valence-corrected chi connectivity index (χ4v) is 2.08. The van der Waals surface area contributed by atoms with Crippen molar-refractivity contribution in [1.82, 2.24) is 9.13 Å². The van der Waals surface area contributed by atoms with Crippen LogP contribution in [0.3, 0.4) is 0 Å². The lowest BCUT2D eigenvalue weighted by atomic mass is 10.1. The second-order valence-corrected chi connectivity index (χ2v) is 3.99. The number of benzene rings is 1. The quantitative estimate of drug-likeness (QED) is 0.795. The minimum absolute atomic E-state index is 0.0232. The van der Waals surface area contributed by atoms with Crippen molar-refractivity contribution in [2.75, 3.05) is 6.61 Å². The van der Waals surface area contributed by atoms with Crippen molar-refractivity contribution in [2.24, 2.45) is 7.05 Å². The van der Waals surface area contributed by atoms with Crippen LogP contribution >= 0.6 is 0 Å². The van der Waals surface area contributed by atoms with Crippen LogP contribution in [0.5, 0.6) is 0 Å². The molecule has 0 aliphatic rings. The van der Waals surface area contributed by atoms with Crippen molar-refractivity contribution in [2.45, 2.75) is 13.5 Å². The molecule has 5 heteroatoms. The molecule has 0 amide bonds. The van der Waals surface area contributed by atoms with Crippen LogP contribution < -0.4 is 11.2 Å². The van der Waals surface area contributed by atoms with Crippen LogP contribution in [-0.4, -0.2) is 20.8 Å². The van der Waals surface area contributed by atoms with Gasteiger partial charge in [0.25, 0.3) is 5.56 Å². The molecule has 0 aliphatic carbocycles. The number of fused-ring (bicyclic) bond motifs is 1. The van der Waals surface area contributed by atoms with Crippen molar-refractivity contribution in [3.8, 4) is 0 Å². The van der Waals surface area contributed by atoms with Gasteiger partial charge in [-0.15, -0.1) is 0 Å². The number of aliphatic hydroxyl groups excluding tert-OH is 1. The van der Waals surface area contributed by atoms with Gasteiger partial charge in [0, 0.05) is 7.05 Å². The summed E-state index contributed by atoms with van der Waals surface area (Å²) in [6.45, 7) is 1.65. The lowest BCUT2D eigenvalue weighted by Gasteiger charge is -2.11. The highest BCUT2D eigenvalue weighted by Crippen LogP contribution is 2.11. The van der Waals surface area contributed by atoms with E-state index in [0.717, 1.165) is 10.1 Å². The Hall–Kier alpha value is -1.88. The van der Waals surface area contributed by atoms with Crippen LogP contribution in [0.25, 0.3) is 10.9 Å². The van der Waals surface area contributed by atoms with E-state index in [1.165, 1.54) is 4.57 Å². The third-order valence-corrected chi connectivity index (χ3v) is 2.89. The van der Waals surface area contributed by atoms with Crippen molar-refractivity contribution < 1.29 is 5.11 Å². The first kappa shape index (κ1) is 11.6. The zero-order chi connectivity index (χ0) is 12.6. The Labute approximate surface area is 97.5 Å². The van der Waals surface area contributed by atoms with Gasteiger partial charge in [-0.3, -0.25) is 13.9 Å². The Kier molecular flexibility index (Phi) is 2.85. The average molecular weight is 234 g/mol. The fourth-order valence-electron chi connectivity index (χ4n) is 2.08.